The monoisotopic (exact) mass is 309 g/mol. The molecule has 1 saturated heterocycles. The first-order chi connectivity index (χ1) is 11.1. The van der Waals surface area contributed by atoms with E-state index in [9.17, 15) is 9.59 Å². The van der Waals surface area contributed by atoms with Gasteiger partial charge in [0, 0.05) is 17.8 Å². The third kappa shape index (κ3) is 3.34. The van der Waals surface area contributed by atoms with Gasteiger partial charge in [0.15, 0.2) is 0 Å². The number of hydrogen-bond acceptors (Lipinski definition) is 2. The minimum atomic E-state index is -0.641. The molecule has 1 aliphatic heterocycles. The molecule has 0 aromatic heterocycles. The number of nitrogens with zero attached hydrogens (tertiary/aromatic N) is 1. The van der Waals surface area contributed by atoms with E-state index in [-0.39, 0.29) is 11.9 Å². The average Bonchev–Trinajstić information content (AvgIpc) is 3.04. The first-order valence-corrected chi connectivity index (χ1v) is 7.67. The Morgan fingerprint density at radius 3 is 2.61 bits per heavy atom. The molecule has 2 aromatic rings. The van der Waals surface area contributed by atoms with Crippen molar-refractivity contribution in [2.24, 2.45) is 5.73 Å². The average molecular weight is 309 g/mol. The van der Waals surface area contributed by atoms with Crippen LogP contribution in [0.5, 0.6) is 0 Å². The minimum Gasteiger partial charge on any atom is -0.351 e. The Labute approximate surface area is 135 Å². The number of carbonyl (C=O) groups is 2. The molecule has 0 unspecified atom stereocenters. The summed E-state index contributed by atoms with van der Waals surface area (Å²) in [5.74, 6) is -0.0236. The molecule has 1 fully saturated rings. The summed E-state index contributed by atoms with van der Waals surface area (Å²) in [5, 5.41) is 2.50. The standard InChI is InChI=1S/C18H19N3O2/c19-18(23)20-15-9-4-8-14(12-15)17(22)21-11-5-10-16(21)13-6-2-1-3-7-13/h1-4,6-9,12,16H,5,10-11H2,(H3,19,20,23)/t16-/m1/s1. The lowest BCUT2D eigenvalue weighted by Crippen LogP contribution is -2.30. The molecule has 2 aromatic carbocycles. The number of carbonyl (C=O) groups excluding carboxylic acids is 2. The minimum absolute atomic E-state index is 0.0236. The van der Waals surface area contributed by atoms with Crippen LogP contribution in [-0.4, -0.2) is 23.4 Å². The molecule has 23 heavy (non-hydrogen) atoms. The predicted molar refractivity (Wildman–Crippen MR) is 89.1 cm³/mol. The van der Waals surface area contributed by atoms with Crippen molar-refractivity contribution in [3.63, 3.8) is 0 Å². The third-order valence-electron chi connectivity index (χ3n) is 4.08. The normalized spacial score (nSPS) is 17.0. The summed E-state index contributed by atoms with van der Waals surface area (Å²) in [6, 6.07) is 16.4. The number of urea groups is 1. The lowest BCUT2D eigenvalue weighted by Gasteiger charge is -2.25. The molecule has 5 heteroatoms. The van der Waals surface area contributed by atoms with Crippen LogP contribution < -0.4 is 11.1 Å². The highest BCUT2D eigenvalue weighted by atomic mass is 16.2. The third-order valence-corrected chi connectivity index (χ3v) is 4.08. The van der Waals surface area contributed by atoms with E-state index >= 15 is 0 Å². The van der Waals surface area contributed by atoms with Gasteiger partial charge in [-0.1, -0.05) is 36.4 Å². The van der Waals surface area contributed by atoms with Crippen LogP contribution >= 0.6 is 0 Å². The molecule has 0 bridgehead atoms. The zero-order valence-electron chi connectivity index (χ0n) is 12.7. The quantitative estimate of drug-likeness (QED) is 0.914. The number of benzene rings is 2. The molecule has 3 N–H and O–H groups in total. The van der Waals surface area contributed by atoms with Gasteiger partial charge in [-0.2, -0.15) is 0 Å². The number of primary amides is 1. The number of likely N-dealkylation sites (tertiary alicyclic amines) is 1. The fourth-order valence-electron chi connectivity index (χ4n) is 3.07. The van der Waals surface area contributed by atoms with Gasteiger partial charge in [-0.25, -0.2) is 4.79 Å². The van der Waals surface area contributed by atoms with E-state index in [0.717, 1.165) is 24.9 Å². The second-order valence-corrected chi connectivity index (χ2v) is 5.64. The lowest BCUT2D eigenvalue weighted by atomic mass is 10.0. The van der Waals surface area contributed by atoms with Crippen molar-refractivity contribution in [1.82, 2.24) is 4.90 Å². The fourth-order valence-corrected chi connectivity index (χ4v) is 3.07. The first-order valence-electron chi connectivity index (χ1n) is 7.67. The zero-order valence-corrected chi connectivity index (χ0v) is 12.7. The number of rotatable bonds is 3. The van der Waals surface area contributed by atoms with E-state index in [0.29, 0.717) is 11.3 Å². The van der Waals surface area contributed by atoms with Crippen LogP contribution in [0.3, 0.4) is 0 Å². The molecule has 118 valence electrons. The maximum atomic E-state index is 12.9. The topological polar surface area (TPSA) is 75.4 Å². The van der Waals surface area contributed by atoms with Crippen LogP contribution in [0.4, 0.5) is 10.5 Å². The van der Waals surface area contributed by atoms with Gasteiger partial charge in [-0.05, 0) is 36.6 Å². The number of nitrogens with one attached hydrogen (secondary N) is 1. The van der Waals surface area contributed by atoms with Crippen LogP contribution in [0.25, 0.3) is 0 Å². The largest absolute Gasteiger partial charge is 0.351 e. The summed E-state index contributed by atoms with van der Waals surface area (Å²) < 4.78 is 0. The first kappa shape index (κ1) is 15.1. The summed E-state index contributed by atoms with van der Waals surface area (Å²) in [7, 11) is 0. The second-order valence-electron chi connectivity index (χ2n) is 5.64. The van der Waals surface area contributed by atoms with E-state index < -0.39 is 6.03 Å². The van der Waals surface area contributed by atoms with Crippen LogP contribution in [0.2, 0.25) is 0 Å². The van der Waals surface area contributed by atoms with Crippen molar-refractivity contribution < 1.29 is 9.59 Å². The van der Waals surface area contributed by atoms with Crippen molar-refractivity contribution >= 4 is 17.6 Å². The lowest BCUT2D eigenvalue weighted by molar-refractivity contribution is 0.0735. The highest BCUT2D eigenvalue weighted by molar-refractivity contribution is 5.97. The molecule has 1 atom stereocenters. The van der Waals surface area contributed by atoms with Crippen molar-refractivity contribution in [2.75, 3.05) is 11.9 Å². The molecule has 0 spiro atoms. The molecular formula is C18H19N3O2. The van der Waals surface area contributed by atoms with Crippen LogP contribution in [0.15, 0.2) is 54.6 Å². The summed E-state index contributed by atoms with van der Waals surface area (Å²) in [5.41, 5.74) is 7.36. The molecule has 1 aliphatic rings. The zero-order chi connectivity index (χ0) is 16.2. The predicted octanol–water partition coefficient (Wildman–Crippen LogP) is 3.15. The second kappa shape index (κ2) is 6.52. The van der Waals surface area contributed by atoms with Gasteiger partial charge in [0.05, 0.1) is 6.04 Å². The van der Waals surface area contributed by atoms with E-state index in [2.05, 4.69) is 17.4 Å². The summed E-state index contributed by atoms with van der Waals surface area (Å²) in [6.45, 7) is 0.742. The Hall–Kier alpha value is -2.82. The van der Waals surface area contributed by atoms with Gasteiger partial charge < -0.3 is 16.0 Å². The Bertz CT molecular complexity index is 715. The van der Waals surface area contributed by atoms with Crippen molar-refractivity contribution in [3.05, 3.63) is 65.7 Å². The summed E-state index contributed by atoms with van der Waals surface area (Å²) in [4.78, 5) is 25.7. The molecule has 0 saturated carbocycles. The number of hydrogen-bond donors (Lipinski definition) is 2. The number of nitrogens with two attached hydrogens (primary N) is 1. The van der Waals surface area contributed by atoms with Gasteiger partial charge in [0.2, 0.25) is 0 Å². The van der Waals surface area contributed by atoms with Crippen LogP contribution in [0, 0.1) is 0 Å². The smallest absolute Gasteiger partial charge is 0.316 e. The number of anilines is 1. The van der Waals surface area contributed by atoms with Crippen LogP contribution in [-0.2, 0) is 0 Å². The molecule has 3 rings (SSSR count). The molecule has 0 radical (unpaired) electrons. The Kier molecular flexibility index (Phi) is 4.28. The Morgan fingerprint density at radius 2 is 1.87 bits per heavy atom. The maximum absolute atomic E-state index is 12.9. The SMILES string of the molecule is NC(=O)Nc1cccc(C(=O)N2CCC[C@@H]2c2ccccc2)c1. The molecule has 3 amide bonds. The molecule has 5 nitrogen and oxygen atoms in total. The van der Waals surface area contributed by atoms with Crippen molar-refractivity contribution in [3.8, 4) is 0 Å². The summed E-state index contributed by atoms with van der Waals surface area (Å²) >= 11 is 0. The van der Waals surface area contributed by atoms with Gasteiger partial charge in [0.25, 0.3) is 5.91 Å². The highest BCUT2D eigenvalue weighted by Gasteiger charge is 2.30. The molecular weight excluding hydrogens is 290 g/mol. The van der Waals surface area contributed by atoms with Gasteiger partial charge in [-0.15, -0.1) is 0 Å². The summed E-state index contributed by atoms with van der Waals surface area (Å²) in [6.07, 6.45) is 1.96. The van der Waals surface area contributed by atoms with Gasteiger partial charge in [-0.3, -0.25) is 4.79 Å². The van der Waals surface area contributed by atoms with Crippen molar-refractivity contribution in [1.29, 1.82) is 0 Å². The highest BCUT2D eigenvalue weighted by Crippen LogP contribution is 2.33. The van der Waals surface area contributed by atoms with E-state index in [1.54, 1.807) is 24.3 Å². The van der Waals surface area contributed by atoms with Crippen molar-refractivity contribution in [2.45, 2.75) is 18.9 Å². The van der Waals surface area contributed by atoms with E-state index in [1.165, 1.54) is 0 Å². The van der Waals surface area contributed by atoms with E-state index in [1.807, 2.05) is 23.1 Å². The maximum Gasteiger partial charge on any atom is 0.316 e. The van der Waals surface area contributed by atoms with E-state index in [4.69, 9.17) is 5.73 Å². The van der Waals surface area contributed by atoms with Gasteiger partial charge in [0.1, 0.15) is 0 Å². The Morgan fingerprint density at radius 1 is 1.09 bits per heavy atom. The molecule has 1 heterocycles. The van der Waals surface area contributed by atoms with Gasteiger partial charge >= 0.3 is 6.03 Å². The Balaban J connectivity index is 1.83. The number of amides is 3. The molecule has 0 aliphatic carbocycles. The van der Waals surface area contributed by atoms with Crippen LogP contribution in [0.1, 0.15) is 34.8 Å². The fraction of sp³-hybridized carbons (Fsp3) is 0.222.